The van der Waals surface area contributed by atoms with Gasteiger partial charge in [0.05, 0.1) is 22.8 Å². The highest BCUT2D eigenvalue weighted by Crippen LogP contribution is 2.40. The number of aromatic nitrogens is 6. The van der Waals surface area contributed by atoms with Crippen LogP contribution in [-0.2, 0) is 0 Å². The van der Waals surface area contributed by atoms with Crippen molar-refractivity contribution in [1.29, 1.82) is 5.26 Å². The third kappa shape index (κ3) is 4.23. The molecule has 0 fully saturated rings. The number of aromatic amines is 2. The maximum atomic E-state index is 13.2. The van der Waals surface area contributed by atoms with Crippen molar-refractivity contribution in [1.82, 2.24) is 29.7 Å². The molecular weight excluding hydrogens is 500 g/mol. The summed E-state index contributed by atoms with van der Waals surface area (Å²) >= 11 is 0. The molecule has 0 aliphatic carbocycles. The van der Waals surface area contributed by atoms with Crippen molar-refractivity contribution in [2.24, 2.45) is 10.2 Å². The highest BCUT2D eigenvalue weighted by atomic mass is 16.3. The summed E-state index contributed by atoms with van der Waals surface area (Å²) in [7, 11) is 0. The molecule has 13 nitrogen and oxygen atoms in total. The van der Waals surface area contributed by atoms with Gasteiger partial charge in [-0.05, 0) is 35.7 Å². The van der Waals surface area contributed by atoms with E-state index in [4.69, 9.17) is 0 Å². The Morgan fingerprint density at radius 2 is 1.82 bits per heavy atom. The Hall–Kier alpha value is -6.16. The van der Waals surface area contributed by atoms with Gasteiger partial charge in [0.2, 0.25) is 0 Å². The number of phenols is 1. The number of carbonyl (C=O) groups excluding carboxylic acids is 1. The minimum atomic E-state index is -0.604. The number of imidazole rings is 1. The minimum Gasteiger partial charge on any atom is -0.505 e. The van der Waals surface area contributed by atoms with Crippen molar-refractivity contribution in [3.8, 4) is 17.8 Å². The van der Waals surface area contributed by atoms with E-state index in [0.717, 1.165) is 0 Å². The number of hydrogen-bond donors (Lipinski definition) is 4. The van der Waals surface area contributed by atoms with E-state index in [1.54, 1.807) is 54.6 Å². The van der Waals surface area contributed by atoms with Crippen molar-refractivity contribution >= 4 is 44.9 Å². The summed E-state index contributed by atoms with van der Waals surface area (Å²) in [4.78, 5) is 38.3. The van der Waals surface area contributed by atoms with E-state index in [-0.39, 0.29) is 34.3 Å². The van der Waals surface area contributed by atoms with Crippen LogP contribution >= 0.6 is 0 Å². The first-order valence-corrected chi connectivity index (χ1v) is 11.5. The number of rotatable bonds is 5. The van der Waals surface area contributed by atoms with Crippen LogP contribution in [0.5, 0.6) is 5.75 Å². The zero-order valence-corrected chi connectivity index (χ0v) is 19.8. The fourth-order valence-corrected chi connectivity index (χ4v) is 4.06. The van der Waals surface area contributed by atoms with Gasteiger partial charge < -0.3 is 20.4 Å². The Labute approximate surface area is 218 Å². The first-order chi connectivity index (χ1) is 19.0. The van der Waals surface area contributed by atoms with Crippen molar-refractivity contribution in [3.63, 3.8) is 0 Å². The molecule has 0 spiro atoms. The number of nitrogens with one attached hydrogen (secondary N) is 3. The molecule has 4 N–H and O–H groups in total. The summed E-state index contributed by atoms with van der Waals surface area (Å²) in [5, 5.41) is 37.2. The number of nitrogens with zero attached hydrogens (tertiary/aromatic N) is 7. The Morgan fingerprint density at radius 1 is 1.03 bits per heavy atom. The second kappa shape index (κ2) is 9.37. The summed E-state index contributed by atoms with van der Waals surface area (Å²) in [6.07, 6.45) is 4.34. The average Bonchev–Trinajstić information content (AvgIpc) is 3.54. The maximum absolute atomic E-state index is 13.2. The minimum absolute atomic E-state index is 0.0225. The molecular formula is C26H16N10O3. The number of aromatic hydroxyl groups is 1. The number of phenolic OH excluding ortho intramolecular Hbond substituents is 1. The molecule has 0 aliphatic rings. The molecule has 0 radical (unpaired) electrons. The second-order valence-corrected chi connectivity index (χ2v) is 8.29. The van der Waals surface area contributed by atoms with Gasteiger partial charge in [-0.2, -0.15) is 15.0 Å². The van der Waals surface area contributed by atoms with Gasteiger partial charge in [-0.3, -0.25) is 4.79 Å². The third-order valence-electron chi connectivity index (χ3n) is 5.86. The lowest BCUT2D eigenvalue weighted by molar-refractivity contribution is 0.102. The van der Waals surface area contributed by atoms with E-state index in [2.05, 4.69) is 40.6 Å². The summed E-state index contributed by atoms with van der Waals surface area (Å²) in [6.45, 7) is 0. The lowest BCUT2D eigenvalue weighted by atomic mass is 10.0. The number of azo groups is 1. The van der Waals surface area contributed by atoms with E-state index >= 15 is 0 Å². The number of fused-ring (bicyclic) bond motifs is 2. The normalized spacial score (nSPS) is 11.3. The zero-order chi connectivity index (χ0) is 26.9. The van der Waals surface area contributed by atoms with Gasteiger partial charge in [-0.25, -0.2) is 14.8 Å². The predicted molar refractivity (Wildman–Crippen MR) is 141 cm³/mol. The van der Waals surface area contributed by atoms with Crippen LogP contribution in [0, 0.1) is 11.3 Å². The van der Waals surface area contributed by atoms with E-state index in [9.17, 15) is 20.0 Å². The number of carbonyl (C=O) groups is 1. The highest BCUT2D eigenvalue weighted by Gasteiger charge is 2.20. The molecule has 0 atom stereocenters. The Morgan fingerprint density at radius 3 is 2.64 bits per heavy atom. The van der Waals surface area contributed by atoms with E-state index in [1.807, 2.05) is 6.07 Å². The first-order valence-electron chi connectivity index (χ1n) is 11.5. The molecule has 0 saturated carbocycles. The van der Waals surface area contributed by atoms with Crippen LogP contribution in [0.25, 0.3) is 27.8 Å². The lowest BCUT2D eigenvalue weighted by Gasteiger charge is -2.11. The summed E-state index contributed by atoms with van der Waals surface area (Å²) in [6, 6.07) is 17.1. The lowest BCUT2D eigenvalue weighted by Crippen LogP contribution is -2.12. The quantitative estimate of drug-likeness (QED) is 0.246. The van der Waals surface area contributed by atoms with Crippen LogP contribution in [-0.4, -0.2) is 40.7 Å². The van der Waals surface area contributed by atoms with E-state index in [0.29, 0.717) is 27.5 Å². The topological polar surface area (TPSA) is 190 Å². The SMILES string of the molecule is N#Cc1cnn(-c2ncccn2)c1N=Nc1c(O)c(C(=O)Nc2ccc3[nH]c(=O)[nH]c3c2)cc2ccccc12. The van der Waals surface area contributed by atoms with E-state index in [1.165, 1.54) is 23.3 Å². The summed E-state index contributed by atoms with van der Waals surface area (Å²) in [5.74, 6) is -0.786. The molecule has 0 bridgehead atoms. The molecule has 3 aromatic carbocycles. The van der Waals surface area contributed by atoms with Crippen molar-refractivity contribution in [2.75, 3.05) is 5.32 Å². The Bertz CT molecular complexity index is 2020. The number of anilines is 1. The highest BCUT2D eigenvalue weighted by molar-refractivity contribution is 6.12. The molecule has 6 aromatic rings. The van der Waals surface area contributed by atoms with Crippen LogP contribution < -0.4 is 11.0 Å². The van der Waals surface area contributed by atoms with Gasteiger partial charge >= 0.3 is 5.69 Å². The molecule has 3 heterocycles. The second-order valence-electron chi connectivity index (χ2n) is 8.29. The average molecular weight is 516 g/mol. The molecule has 39 heavy (non-hydrogen) atoms. The monoisotopic (exact) mass is 516 g/mol. The number of hydrogen-bond acceptors (Lipinski definition) is 9. The van der Waals surface area contributed by atoms with Crippen LogP contribution in [0.3, 0.4) is 0 Å². The van der Waals surface area contributed by atoms with Crippen molar-refractivity contribution < 1.29 is 9.90 Å². The fraction of sp³-hybridized carbons (Fsp3) is 0. The number of benzene rings is 3. The molecule has 6 rings (SSSR count). The number of nitriles is 1. The predicted octanol–water partition coefficient (Wildman–Crippen LogP) is 4.23. The van der Waals surface area contributed by atoms with Gasteiger partial charge in [0.15, 0.2) is 11.6 Å². The van der Waals surface area contributed by atoms with Crippen molar-refractivity contribution in [2.45, 2.75) is 0 Å². The number of amides is 1. The molecule has 3 aromatic heterocycles. The van der Waals surface area contributed by atoms with Crippen LogP contribution in [0.15, 0.2) is 88.2 Å². The summed E-state index contributed by atoms with van der Waals surface area (Å²) in [5.41, 5.74) is 1.23. The molecule has 0 aliphatic heterocycles. The molecule has 0 unspecified atom stereocenters. The van der Waals surface area contributed by atoms with Gasteiger partial charge in [0, 0.05) is 23.5 Å². The Balaban J connectivity index is 1.42. The van der Waals surface area contributed by atoms with Gasteiger partial charge in [-0.1, -0.05) is 24.3 Å². The molecule has 1 amide bonds. The van der Waals surface area contributed by atoms with Crippen molar-refractivity contribution in [3.05, 3.63) is 94.8 Å². The van der Waals surface area contributed by atoms with Crippen LogP contribution in [0.4, 0.5) is 17.2 Å². The third-order valence-corrected chi connectivity index (χ3v) is 5.86. The molecule has 13 heteroatoms. The van der Waals surface area contributed by atoms with Gasteiger partial charge in [-0.15, -0.1) is 10.2 Å². The van der Waals surface area contributed by atoms with Crippen LogP contribution in [0.1, 0.15) is 15.9 Å². The molecule has 188 valence electrons. The summed E-state index contributed by atoms with van der Waals surface area (Å²) < 4.78 is 1.25. The Kier molecular flexibility index (Phi) is 5.59. The maximum Gasteiger partial charge on any atom is 0.323 e. The van der Waals surface area contributed by atoms with Gasteiger partial charge in [0.1, 0.15) is 17.3 Å². The van der Waals surface area contributed by atoms with Gasteiger partial charge in [0.25, 0.3) is 11.9 Å². The largest absolute Gasteiger partial charge is 0.505 e. The fourth-order valence-electron chi connectivity index (χ4n) is 4.06. The smallest absolute Gasteiger partial charge is 0.323 e. The first kappa shape index (κ1) is 23.3. The zero-order valence-electron chi connectivity index (χ0n) is 19.8. The molecule has 0 saturated heterocycles. The van der Waals surface area contributed by atoms with Crippen LogP contribution in [0.2, 0.25) is 0 Å². The van der Waals surface area contributed by atoms with E-state index < -0.39 is 11.7 Å². The standard InChI is InChI=1S/C26H16N10O3/c27-12-15-13-30-36(25-28-8-3-9-29-25)23(15)35-34-21-17-5-2-1-4-14(17)10-18(22(21)37)24(38)31-16-6-7-19-20(11-16)33-26(39)32-19/h1-11,13,37H,(H,31,38)(H2,32,33,39). The number of H-pyrrole nitrogens is 2.